The molecule has 1 heterocycles. The summed E-state index contributed by atoms with van der Waals surface area (Å²) in [4.78, 5) is 26.7. The average molecular weight is 541 g/mol. The van der Waals surface area contributed by atoms with Crippen molar-refractivity contribution in [3.8, 4) is 0 Å². The van der Waals surface area contributed by atoms with Crippen molar-refractivity contribution in [2.45, 2.75) is 77.4 Å². The number of rotatable bonds is 9. The van der Waals surface area contributed by atoms with Gasteiger partial charge in [-0.05, 0) is 87.5 Å². The van der Waals surface area contributed by atoms with Crippen molar-refractivity contribution in [3.05, 3.63) is 53.6 Å². The maximum atomic E-state index is 12.3. The maximum absolute atomic E-state index is 12.3. The molecule has 3 rings (SSSR count). The van der Waals surface area contributed by atoms with Gasteiger partial charge in [-0.2, -0.15) is 0 Å². The first-order valence-electron chi connectivity index (χ1n) is 13.4. The summed E-state index contributed by atoms with van der Waals surface area (Å²) in [5, 5.41) is 5.84. The van der Waals surface area contributed by atoms with Crippen LogP contribution < -0.4 is 21.3 Å². The second kappa shape index (κ2) is 12.6. The summed E-state index contributed by atoms with van der Waals surface area (Å²) in [5.41, 5.74) is 10.4. The lowest BCUT2D eigenvalue weighted by Crippen LogP contribution is -2.38. The molecule has 0 radical (unpaired) electrons. The monoisotopic (exact) mass is 540 g/mol. The highest BCUT2D eigenvalue weighted by molar-refractivity contribution is 6.76. The summed E-state index contributed by atoms with van der Waals surface area (Å²) in [6, 6.07) is 14.9. The third-order valence-electron chi connectivity index (χ3n) is 6.29. The smallest absolute Gasteiger partial charge is 0.412 e. The number of benzene rings is 2. The van der Waals surface area contributed by atoms with Crippen molar-refractivity contribution in [2.75, 3.05) is 35.6 Å². The fourth-order valence-electron chi connectivity index (χ4n) is 4.37. The third kappa shape index (κ3) is 9.93. The Balaban J connectivity index is 1.58. The molecule has 1 atom stereocenters. The first kappa shape index (κ1) is 29.4. The van der Waals surface area contributed by atoms with E-state index in [0.717, 1.165) is 60.9 Å². The average Bonchev–Trinajstić information content (AvgIpc) is 3.23. The van der Waals surface area contributed by atoms with Gasteiger partial charge < -0.3 is 25.4 Å². The van der Waals surface area contributed by atoms with Gasteiger partial charge in [0.25, 0.3) is 0 Å². The summed E-state index contributed by atoms with van der Waals surface area (Å²) in [6.07, 6.45) is 1.66. The summed E-state index contributed by atoms with van der Waals surface area (Å²) in [7, 11) is -1.23. The molecule has 1 fully saturated rings. The van der Waals surface area contributed by atoms with Crippen molar-refractivity contribution in [1.82, 2.24) is 5.32 Å². The molecule has 38 heavy (non-hydrogen) atoms. The van der Waals surface area contributed by atoms with Gasteiger partial charge in [-0.25, -0.2) is 9.59 Å². The van der Waals surface area contributed by atoms with Crippen molar-refractivity contribution >= 4 is 37.3 Å². The number of hydrogen-bond donors (Lipinski definition) is 3. The Morgan fingerprint density at radius 1 is 1.08 bits per heavy atom. The summed E-state index contributed by atoms with van der Waals surface area (Å²) in [6.45, 7) is 14.4. The Bertz CT molecular complexity index is 1110. The van der Waals surface area contributed by atoms with E-state index < -0.39 is 19.8 Å². The van der Waals surface area contributed by atoms with Crippen LogP contribution in [0.5, 0.6) is 0 Å². The van der Waals surface area contributed by atoms with Gasteiger partial charge in [-0.1, -0.05) is 31.8 Å². The Morgan fingerprint density at radius 2 is 1.84 bits per heavy atom. The molecule has 2 aromatic carbocycles. The van der Waals surface area contributed by atoms with E-state index in [9.17, 15) is 9.59 Å². The zero-order valence-electron chi connectivity index (χ0n) is 23.7. The van der Waals surface area contributed by atoms with E-state index in [0.29, 0.717) is 12.3 Å². The van der Waals surface area contributed by atoms with Crippen LogP contribution in [-0.2, 0) is 22.3 Å². The number of anilines is 3. The molecule has 1 unspecified atom stereocenters. The molecule has 0 aliphatic carbocycles. The van der Waals surface area contributed by atoms with Gasteiger partial charge >= 0.3 is 12.2 Å². The molecular weight excluding hydrogens is 496 g/mol. The largest absolute Gasteiger partial charge is 0.450 e. The second-order valence-electron chi connectivity index (χ2n) is 12.2. The molecule has 4 N–H and O–H groups in total. The van der Waals surface area contributed by atoms with Crippen LogP contribution in [0.1, 0.15) is 38.3 Å². The zero-order valence-corrected chi connectivity index (χ0v) is 24.7. The van der Waals surface area contributed by atoms with E-state index in [4.69, 9.17) is 15.2 Å². The highest BCUT2D eigenvalue weighted by atomic mass is 28.3. The Hall–Kier alpha value is -3.20. The molecule has 0 aromatic heterocycles. The van der Waals surface area contributed by atoms with E-state index >= 15 is 0 Å². The number of amides is 2. The number of alkyl carbamates (subject to hydrolysis) is 1. The van der Waals surface area contributed by atoms with Gasteiger partial charge in [0.05, 0.1) is 12.6 Å². The van der Waals surface area contributed by atoms with Gasteiger partial charge in [0.1, 0.15) is 5.60 Å². The standard InChI is InChI=1S/C29H44N4O4Si/c1-29(2,3)37-28(35)31-24-9-7-8-21(18-24)10-11-22-19-23(30)12-13-26(22)33-15-14-25(20-33)32-27(34)36-16-17-38(4,5)6/h7-9,12-13,18-19,25H,10-11,14-17,20,30H2,1-6H3,(H,31,35)(H,32,34). The number of hydrogen-bond acceptors (Lipinski definition) is 6. The van der Waals surface area contributed by atoms with Crippen LogP contribution in [0.15, 0.2) is 42.5 Å². The minimum absolute atomic E-state index is 0.0513. The van der Waals surface area contributed by atoms with Gasteiger partial charge in [0, 0.05) is 38.2 Å². The van der Waals surface area contributed by atoms with Crippen LogP contribution in [0.3, 0.4) is 0 Å². The van der Waals surface area contributed by atoms with Gasteiger partial charge in [-0.15, -0.1) is 0 Å². The van der Waals surface area contributed by atoms with Crippen molar-refractivity contribution in [2.24, 2.45) is 0 Å². The Morgan fingerprint density at radius 3 is 2.55 bits per heavy atom. The SMILES string of the molecule is CC(C)(C)OC(=O)Nc1cccc(CCc2cc(N)ccc2N2CCC(NC(=O)OCC[Si](C)(C)C)C2)c1. The molecular formula is C29H44N4O4Si. The van der Waals surface area contributed by atoms with Crippen LogP contribution in [0.2, 0.25) is 25.7 Å². The lowest BCUT2D eigenvalue weighted by molar-refractivity contribution is 0.0636. The van der Waals surface area contributed by atoms with E-state index in [1.54, 1.807) is 0 Å². The number of ether oxygens (including phenoxy) is 2. The molecule has 1 aliphatic rings. The molecule has 8 nitrogen and oxygen atoms in total. The molecule has 208 valence electrons. The number of nitrogens with two attached hydrogens (primary N) is 1. The quantitative estimate of drug-likeness (QED) is 0.264. The zero-order chi connectivity index (χ0) is 27.9. The first-order chi connectivity index (χ1) is 17.8. The first-order valence-corrected chi connectivity index (χ1v) is 17.1. The lowest BCUT2D eigenvalue weighted by Gasteiger charge is -2.23. The summed E-state index contributed by atoms with van der Waals surface area (Å²) >= 11 is 0. The van der Waals surface area contributed by atoms with E-state index in [-0.39, 0.29) is 12.1 Å². The maximum Gasteiger partial charge on any atom is 0.412 e. The van der Waals surface area contributed by atoms with Crippen molar-refractivity contribution < 1.29 is 19.1 Å². The number of carbonyl (C=O) groups is 2. The topological polar surface area (TPSA) is 106 Å². The minimum Gasteiger partial charge on any atom is -0.450 e. The normalized spacial score (nSPS) is 15.7. The fraction of sp³-hybridized carbons (Fsp3) is 0.517. The molecule has 2 aromatic rings. The predicted octanol–water partition coefficient (Wildman–Crippen LogP) is 6.04. The fourth-order valence-corrected chi connectivity index (χ4v) is 5.09. The van der Waals surface area contributed by atoms with Crippen LogP contribution in [0.25, 0.3) is 0 Å². The van der Waals surface area contributed by atoms with Crippen molar-refractivity contribution in [1.29, 1.82) is 0 Å². The second-order valence-corrected chi connectivity index (χ2v) is 17.9. The van der Waals surface area contributed by atoms with Gasteiger partial charge in [0.2, 0.25) is 0 Å². The van der Waals surface area contributed by atoms with E-state index in [1.807, 2.05) is 51.1 Å². The molecule has 0 bridgehead atoms. The van der Waals surface area contributed by atoms with E-state index in [1.165, 1.54) is 0 Å². The molecule has 9 heteroatoms. The highest BCUT2D eigenvalue weighted by Crippen LogP contribution is 2.28. The molecule has 2 amide bonds. The lowest BCUT2D eigenvalue weighted by atomic mass is 10.0. The third-order valence-corrected chi connectivity index (χ3v) is 8.00. The Labute approximate surface area is 228 Å². The molecule has 1 aliphatic heterocycles. The summed E-state index contributed by atoms with van der Waals surface area (Å²) in [5.74, 6) is 0. The number of nitrogen functional groups attached to an aromatic ring is 1. The van der Waals surface area contributed by atoms with Crippen LogP contribution >= 0.6 is 0 Å². The number of aryl methyl sites for hydroxylation is 2. The summed E-state index contributed by atoms with van der Waals surface area (Å²) < 4.78 is 10.8. The highest BCUT2D eigenvalue weighted by Gasteiger charge is 2.26. The Kier molecular flexibility index (Phi) is 9.70. The van der Waals surface area contributed by atoms with Crippen molar-refractivity contribution in [3.63, 3.8) is 0 Å². The number of nitrogens with zero attached hydrogens (tertiary/aromatic N) is 1. The van der Waals surface area contributed by atoms with E-state index in [2.05, 4.69) is 47.3 Å². The van der Waals surface area contributed by atoms with Gasteiger partial charge in [0.15, 0.2) is 0 Å². The van der Waals surface area contributed by atoms with Crippen LogP contribution in [-0.4, -0.2) is 51.6 Å². The van der Waals surface area contributed by atoms with Crippen LogP contribution in [0, 0.1) is 0 Å². The molecule has 0 saturated carbocycles. The molecule has 0 spiro atoms. The number of carbonyl (C=O) groups excluding carboxylic acids is 2. The number of nitrogens with one attached hydrogen (secondary N) is 2. The molecule has 1 saturated heterocycles. The van der Waals surface area contributed by atoms with Crippen LogP contribution in [0.4, 0.5) is 26.7 Å². The van der Waals surface area contributed by atoms with Gasteiger partial charge in [-0.3, -0.25) is 5.32 Å². The predicted molar refractivity (Wildman–Crippen MR) is 158 cm³/mol. The minimum atomic E-state index is -1.23.